The van der Waals surface area contributed by atoms with Crippen LogP contribution in [-0.4, -0.2) is 0 Å². The van der Waals surface area contributed by atoms with E-state index in [-0.39, 0.29) is 0 Å². The Balaban J connectivity index is 1.47. The molecule has 1 aliphatic rings. The topological polar surface area (TPSA) is 0 Å². The van der Waals surface area contributed by atoms with E-state index >= 15 is 0 Å². The molecule has 3 rings (SSSR count). The number of hydrogen-bond acceptors (Lipinski definition) is 1. The highest BCUT2D eigenvalue weighted by Gasteiger charge is 2.17. The van der Waals surface area contributed by atoms with Crippen molar-refractivity contribution in [2.24, 2.45) is 0 Å². The Kier molecular flexibility index (Phi) is 8.08. The van der Waals surface area contributed by atoms with Gasteiger partial charge in [0.15, 0.2) is 0 Å². The zero-order valence-electron chi connectivity index (χ0n) is 16.8. The van der Waals surface area contributed by atoms with E-state index in [0.717, 1.165) is 11.3 Å². The van der Waals surface area contributed by atoms with Gasteiger partial charge >= 0.3 is 0 Å². The quantitative estimate of drug-likeness (QED) is 0.330. The summed E-state index contributed by atoms with van der Waals surface area (Å²) in [6.07, 6.45) is 15.5. The predicted octanol–water partition coefficient (Wildman–Crippen LogP) is 8.23. The lowest BCUT2D eigenvalue weighted by molar-refractivity contribution is 0.606. The first kappa shape index (κ1) is 20.3. The molecular formula is C26H34S. The van der Waals surface area contributed by atoms with E-state index in [1.807, 2.05) is 0 Å². The highest BCUT2D eigenvalue weighted by atomic mass is 32.1. The van der Waals surface area contributed by atoms with Gasteiger partial charge in [0.2, 0.25) is 0 Å². The molecular weight excluding hydrogens is 344 g/mol. The van der Waals surface area contributed by atoms with Crippen molar-refractivity contribution in [2.75, 3.05) is 0 Å². The number of unbranched alkanes of at least 4 members (excludes halogenated alkanes) is 5. The van der Waals surface area contributed by atoms with E-state index in [0.29, 0.717) is 5.92 Å². The largest absolute Gasteiger partial charge is 0.143 e. The normalized spacial score (nSPS) is 17.0. The molecule has 0 saturated carbocycles. The lowest BCUT2D eigenvalue weighted by Gasteiger charge is -2.23. The molecule has 2 aromatic carbocycles. The molecule has 0 aromatic heterocycles. The number of thiol groups is 1. The first-order valence-corrected chi connectivity index (χ1v) is 11.3. The molecule has 1 atom stereocenters. The van der Waals surface area contributed by atoms with Crippen LogP contribution in [0.15, 0.2) is 59.5 Å². The minimum Gasteiger partial charge on any atom is -0.143 e. The summed E-state index contributed by atoms with van der Waals surface area (Å²) in [7, 11) is 0. The van der Waals surface area contributed by atoms with Crippen molar-refractivity contribution >= 4 is 18.2 Å². The molecule has 0 N–H and O–H groups in total. The maximum atomic E-state index is 4.39. The maximum absolute atomic E-state index is 4.39. The van der Waals surface area contributed by atoms with Gasteiger partial charge < -0.3 is 0 Å². The first-order valence-electron chi connectivity index (χ1n) is 10.8. The summed E-state index contributed by atoms with van der Waals surface area (Å²) < 4.78 is 0. The smallest absolute Gasteiger partial charge is 0.00403 e. The van der Waals surface area contributed by atoms with Gasteiger partial charge in [0.05, 0.1) is 0 Å². The van der Waals surface area contributed by atoms with Crippen LogP contribution in [0.4, 0.5) is 0 Å². The van der Waals surface area contributed by atoms with Gasteiger partial charge in [0.1, 0.15) is 0 Å². The van der Waals surface area contributed by atoms with Crippen molar-refractivity contribution in [3.05, 3.63) is 71.3 Å². The van der Waals surface area contributed by atoms with Crippen molar-refractivity contribution < 1.29 is 0 Å². The monoisotopic (exact) mass is 378 g/mol. The average molecular weight is 379 g/mol. The molecule has 0 saturated heterocycles. The van der Waals surface area contributed by atoms with Crippen LogP contribution in [0.5, 0.6) is 0 Å². The summed E-state index contributed by atoms with van der Waals surface area (Å²) >= 11 is 4.39. The van der Waals surface area contributed by atoms with Crippen LogP contribution in [0, 0.1) is 0 Å². The van der Waals surface area contributed by atoms with E-state index in [4.69, 9.17) is 0 Å². The summed E-state index contributed by atoms with van der Waals surface area (Å²) in [5.74, 6) is 0.681. The van der Waals surface area contributed by atoms with Gasteiger partial charge in [0.25, 0.3) is 0 Å². The zero-order valence-corrected chi connectivity index (χ0v) is 17.7. The van der Waals surface area contributed by atoms with Crippen molar-refractivity contribution in [3.63, 3.8) is 0 Å². The highest BCUT2D eigenvalue weighted by Crippen LogP contribution is 2.36. The van der Waals surface area contributed by atoms with Crippen LogP contribution < -0.4 is 0 Å². The molecule has 144 valence electrons. The molecule has 0 nitrogen and oxygen atoms in total. The number of rotatable bonds is 9. The van der Waals surface area contributed by atoms with Crippen LogP contribution >= 0.6 is 12.6 Å². The molecule has 0 spiro atoms. The molecule has 1 unspecified atom stereocenters. The minimum absolute atomic E-state index is 0.681. The number of hydrogen-bond donors (Lipinski definition) is 1. The summed E-state index contributed by atoms with van der Waals surface area (Å²) in [5, 5.41) is 0. The van der Waals surface area contributed by atoms with Crippen LogP contribution in [0.3, 0.4) is 0 Å². The molecule has 0 fully saturated rings. The third kappa shape index (κ3) is 6.28. The van der Waals surface area contributed by atoms with Gasteiger partial charge in [-0.05, 0) is 72.4 Å². The Bertz CT molecular complexity index is 709. The number of allylic oxidation sites excluding steroid dienone is 2. The molecule has 27 heavy (non-hydrogen) atoms. The van der Waals surface area contributed by atoms with E-state index in [2.05, 4.69) is 74.2 Å². The lowest BCUT2D eigenvalue weighted by atomic mass is 9.82. The third-order valence-corrected chi connectivity index (χ3v) is 6.22. The summed E-state index contributed by atoms with van der Waals surface area (Å²) in [4.78, 5) is 1.04. The SMILES string of the molecule is CCCCCCCCc1ccc(C2CC=C(c3ccc(S)cc3)CC2)cc1. The Morgan fingerprint density at radius 1 is 0.852 bits per heavy atom. The lowest BCUT2D eigenvalue weighted by Crippen LogP contribution is -2.04. The molecule has 1 heteroatoms. The van der Waals surface area contributed by atoms with Crippen molar-refractivity contribution in [1.82, 2.24) is 0 Å². The highest BCUT2D eigenvalue weighted by molar-refractivity contribution is 7.80. The van der Waals surface area contributed by atoms with E-state index in [1.165, 1.54) is 80.1 Å². The zero-order chi connectivity index (χ0) is 18.9. The second-order valence-electron chi connectivity index (χ2n) is 8.01. The van der Waals surface area contributed by atoms with Gasteiger partial charge in [-0.15, -0.1) is 12.6 Å². The summed E-state index contributed by atoms with van der Waals surface area (Å²) in [6, 6.07) is 18.1. The Hall–Kier alpha value is -1.47. The first-order chi connectivity index (χ1) is 13.3. The summed E-state index contributed by atoms with van der Waals surface area (Å²) in [5.41, 5.74) is 5.88. The van der Waals surface area contributed by atoms with Crippen LogP contribution in [0.2, 0.25) is 0 Å². The van der Waals surface area contributed by atoms with Gasteiger partial charge in [0, 0.05) is 4.90 Å². The van der Waals surface area contributed by atoms with Crippen LogP contribution in [0.25, 0.3) is 5.57 Å². The molecule has 1 aliphatic carbocycles. The molecule has 0 aliphatic heterocycles. The molecule has 0 radical (unpaired) electrons. The fraction of sp³-hybridized carbons (Fsp3) is 0.462. The fourth-order valence-corrected chi connectivity index (χ4v) is 4.29. The van der Waals surface area contributed by atoms with Crippen molar-refractivity contribution in [2.45, 2.75) is 81.9 Å². The third-order valence-electron chi connectivity index (χ3n) is 5.92. The fourth-order valence-electron chi connectivity index (χ4n) is 4.14. The van der Waals surface area contributed by atoms with Crippen molar-refractivity contribution in [1.29, 1.82) is 0 Å². The van der Waals surface area contributed by atoms with Gasteiger partial charge in [-0.1, -0.05) is 81.5 Å². The molecule has 0 heterocycles. The molecule has 0 amide bonds. The van der Waals surface area contributed by atoms with Gasteiger partial charge in [-0.2, -0.15) is 0 Å². The predicted molar refractivity (Wildman–Crippen MR) is 122 cm³/mol. The number of benzene rings is 2. The van der Waals surface area contributed by atoms with Gasteiger partial charge in [-0.25, -0.2) is 0 Å². The molecule has 0 bridgehead atoms. The standard InChI is InChI=1S/C26H34S/c1-2-3-4-5-6-7-8-21-9-11-22(12-10-21)23-13-15-24(16-14-23)25-17-19-26(27)20-18-25/h9-12,15,17-20,23,27H,2-8,13-14,16H2,1H3. The Morgan fingerprint density at radius 2 is 1.56 bits per heavy atom. The van der Waals surface area contributed by atoms with Crippen LogP contribution in [0.1, 0.15) is 87.3 Å². The Labute approximate surface area is 171 Å². The second-order valence-corrected chi connectivity index (χ2v) is 8.52. The van der Waals surface area contributed by atoms with Crippen LogP contribution in [-0.2, 0) is 6.42 Å². The van der Waals surface area contributed by atoms with Gasteiger partial charge in [-0.3, -0.25) is 0 Å². The Morgan fingerprint density at radius 3 is 2.22 bits per heavy atom. The molecule has 2 aromatic rings. The van der Waals surface area contributed by atoms with Crippen molar-refractivity contribution in [3.8, 4) is 0 Å². The maximum Gasteiger partial charge on any atom is 0.00403 e. The van der Waals surface area contributed by atoms with E-state index in [1.54, 1.807) is 0 Å². The average Bonchev–Trinajstić information content (AvgIpc) is 2.72. The number of aryl methyl sites for hydroxylation is 1. The van der Waals surface area contributed by atoms with E-state index < -0.39 is 0 Å². The summed E-state index contributed by atoms with van der Waals surface area (Å²) in [6.45, 7) is 2.28. The minimum atomic E-state index is 0.681. The second kappa shape index (κ2) is 10.8. The van der Waals surface area contributed by atoms with E-state index in [9.17, 15) is 0 Å².